The van der Waals surface area contributed by atoms with Gasteiger partial charge in [-0.15, -0.1) is 0 Å². The van der Waals surface area contributed by atoms with Crippen LogP contribution in [0.5, 0.6) is 0 Å². The van der Waals surface area contributed by atoms with Gasteiger partial charge < -0.3 is 14.2 Å². The lowest BCUT2D eigenvalue weighted by molar-refractivity contribution is -0.167. The van der Waals surface area contributed by atoms with Crippen molar-refractivity contribution in [3.63, 3.8) is 0 Å². The van der Waals surface area contributed by atoms with Crippen molar-refractivity contribution in [2.75, 3.05) is 13.2 Å². The van der Waals surface area contributed by atoms with Crippen LogP contribution < -0.4 is 0 Å². The largest absolute Gasteiger partial charge is 0.462 e. The lowest BCUT2D eigenvalue weighted by Gasteiger charge is -2.18. The van der Waals surface area contributed by atoms with Crippen LogP contribution >= 0.6 is 0 Å². The van der Waals surface area contributed by atoms with Gasteiger partial charge in [0.25, 0.3) is 0 Å². The molecule has 0 spiro atoms. The zero-order valence-electron chi connectivity index (χ0n) is 51.7. The second-order valence-electron chi connectivity index (χ2n) is 23.1. The standard InChI is InChI=1S/C71H130O6/c1-4-7-10-13-16-19-22-25-28-31-33-35-36-38-40-43-46-49-52-55-58-61-64-70(73)76-67-68(66-75-69(72)63-60-57-54-51-48-45-42-39-30-27-24-21-18-15-12-9-6-3)77-71(74)65-62-59-56-53-50-47-44-41-37-34-32-29-26-23-20-17-14-11-8-5-2/h9,12,18,21,27,30,42,45,68H,4-8,10-11,13-17,19-20,22-26,28-29,31-41,43-44,46-67H2,1-3H3/b12-9-,21-18-,30-27-,45-42-. The van der Waals surface area contributed by atoms with Crippen LogP contribution in [0.1, 0.15) is 367 Å². The van der Waals surface area contributed by atoms with E-state index in [-0.39, 0.29) is 31.1 Å². The van der Waals surface area contributed by atoms with Gasteiger partial charge in [0.05, 0.1) is 0 Å². The minimum absolute atomic E-state index is 0.0757. The minimum atomic E-state index is -0.781. The molecule has 0 aliphatic heterocycles. The molecule has 0 saturated carbocycles. The molecule has 1 unspecified atom stereocenters. The Morgan fingerprint density at radius 3 is 0.792 bits per heavy atom. The maximum atomic E-state index is 12.9. The third-order valence-electron chi connectivity index (χ3n) is 15.3. The minimum Gasteiger partial charge on any atom is -0.462 e. The summed E-state index contributed by atoms with van der Waals surface area (Å²) in [5, 5.41) is 0. The average Bonchev–Trinajstić information content (AvgIpc) is 3.43. The summed E-state index contributed by atoms with van der Waals surface area (Å²) < 4.78 is 17.0. The molecular weight excluding hydrogens is 949 g/mol. The number of unbranched alkanes of at least 4 members (excludes halogenated alkanes) is 44. The van der Waals surface area contributed by atoms with Crippen LogP contribution in [0.25, 0.3) is 0 Å². The van der Waals surface area contributed by atoms with Crippen molar-refractivity contribution in [1.29, 1.82) is 0 Å². The summed E-state index contributed by atoms with van der Waals surface area (Å²) in [7, 11) is 0. The Morgan fingerprint density at radius 1 is 0.273 bits per heavy atom. The van der Waals surface area contributed by atoms with Gasteiger partial charge in [-0.05, 0) is 57.8 Å². The van der Waals surface area contributed by atoms with Gasteiger partial charge in [-0.3, -0.25) is 14.4 Å². The molecule has 0 aliphatic carbocycles. The molecule has 0 aromatic heterocycles. The van der Waals surface area contributed by atoms with Crippen molar-refractivity contribution < 1.29 is 28.6 Å². The lowest BCUT2D eigenvalue weighted by Crippen LogP contribution is -2.30. The van der Waals surface area contributed by atoms with E-state index in [1.54, 1.807) is 0 Å². The summed E-state index contributed by atoms with van der Waals surface area (Å²) >= 11 is 0. The lowest BCUT2D eigenvalue weighted by atomic mass is 10.0. The number of carbonyl (C=O) groups is 3. The second-order valence-corrected chi connectivity index (χ2v) is 23.1. The number of allylic oxidation sites excluding steroid dienone is 8. The van der Waals surface area contributed by atoms with E-state index in [2.05, 4.69) is 69.4 Å². The van der Waals surface area contributed by atoms with Gasteiger partial charge in [-0.25, -0.2) is 0 Å². The molecule has 1 atom stereocenters. The Labute approximate surface area is 479 Å². The maximum Gasteiger partial charge on any atom is 0.306 e. The molecule has 0 fully saturated rings. The highest BCUT2D eigenvalue weighted by Gasteiger charge is 2.19. The van der Waals surface area contributed by atoms with Gasteiger partial charge in [-0.2, -0.15) is 0 Å². The molecule has 6 heteroatoms. The van der Waals surface area contributed by atoms with E-state index >= 15 is 0 Å². The molecular formula is C71H130O6. The van der Waals surface area contributed by atoms with Crippen LogP contribution in [0, 0.1) is 0 Å². The first-order valence-electron chi connectivity index (χ1n) is 34.1. The van der Waals surface area contributed by atoms with E-state index in [1.807, 2.05) is 0 Å². The second kappa shape index (κ2) is 65.9. The van der Waals surface area contributed by atoms with Crippen molar-refractivity contribution in [2.45, 2.75) is 374 Å². The van der Waals surface area contributed by atoms with E-state index in [9.17, 15) is 14.4 Å². The summed E-state index contributed by atoms with van der Waals surface area (Å²) in [6, 6.07) is 0. The molecule has 0 rings (SSSR count). The summed E-state index contributed by atoms with van der Waals surface area (Å²) in [6.07, 6.45) is 82.7. The quantitative estimate of drug-likeness (QED) is 0.0261. The predicted molar refractivity (Wildman–Crippen MR) is 335 cm³/mol. The van der Waals surface area contributed by atoms with Gasteiger partial charge in [0.2, 0.25) is 0 Å². The fraction of sp³-hybridized carbons (Fsp3) is 0.845. The molecule has 450 valence electrons. The highest BCUT2D eigenvalue weighted by Crippen LogP contribution is 2.18. The Hall–Kier alpha value is -2.63. The smallest absolute Gasteiger partial charge is 0.306 e. The van der Waals surface area contributed by atoms with Crippen molar-refractivity contribution in [3.05, 3.63) is 48.6 Å². The van der Waals surface area contributed by atoms with Crippen LogP contribution in [0.2, 0.25) is 0 Å². The molecule has 0 aromatic carbocycles. The molecule has 0 N–H and O–H groups in total. The molecule has 6 nitrogen and oxygen atoms in total. The number of carbonyl (C=O) groups excluding carboxylic acids is 3. The number of ether oxygens (including phenoxy) is 3. The summed E-state index contributed by atoms with van der Waals surface area (Å²) in [5.74, 6) is -0.873. The van der Waals surface area contributed by atoms with Crippen LogP contribution in [-0.2, 0) is 28.6 Å². The topological polar surface area (TPSA) is 78.9 Å². The van der Waals surface area contributed by atoms with Gasteiger partial charge in [0, 0.05) is 19.3 Å². The van der Waals surface area contributed by atoms with Crippen LogP contribution in [-0.4, -0.2) is 37.2 Å². The van der Waals surface area contributed by atoms with E-state index < -0.39 is 6.10 Å². The molecule has 0 amide bonds. The van der Waals surface area contributed by atoms with E-state index in [1.165, 1.54) is 231 Å². The van der Waals surface area contributed by atoms with Crippen molar-refractivity contribution in [2.24, 2.45) is 0 Å². The molecule has 0 aliphatic rings. The average molecular weight is 1080 g/mol. The zero-order valence-corrected chi connectivity index (χ0v) is 51.7. The van der Waals surface area contributed by atoms with Crippen molar-refractivity contribution >= 4 is 17.9 Å². The number of hydrogen-bond acceptors (Lipinski definition) is 6. The molecule has 0 aromatic rings. The Balaban J connectivity index is 4.33. The predicted octanol–water partition coefficient (Wildman–Crippen LogP) is 23.3. The SMILES string of the molecule is CC/C=C\C/C=C\C/C=C\C/C=C\CCCCCCC(=O)OCC(COC(=O)CCCCCCCCCCCCCCCCCCCCCCCC)OC(=O)CCCCCCCCCCCCCCCCCCCCCC. The Bertz CT molecular complexity index is 1330. The molecule has 0 bridgehead atoms. The van der Waals surface area contributed by atoms with Crippen LogP contribution in [0.4, 0.5) is 0 Å². The Kier molecular flexibility index (Phi) is 63.6. The molecule has 0 saturated heterocycles. The molecule has 0 radical (unpaired) electrons. The van der Waals surface area contributed by atoms with Gasteiger partial charge >= 0.3 is 17.9 Å². The third kappa shape index (κ3) is 64.1. The summed E-state index contributed by atoms with van der Waals surface area (Å²) in [5.41, 5.74) is 0. The van der Waals surface area contributed by atoms with E-state index in [4.69, 9.17) is 14.2 Å². The first-order chi connectivity index (χ1) is 38.0. The fourth-order valence-corrected chi connectivity index (χ4v) is 10.3. The summed E-state index contributed by atoms with van der Waals surface area (Å²) in [4.78, 5) is 38.4. The van der Waals surface area contributed by atoms with Gasteiger partial charge in [0.1, 0.15) is 13.2 Å². The number of hydrogen-bond donors (Lipinski definition) is 0. The molecule has 77 heavy (non-hydrogen) atoms. The van der Waals surface area contributed by atoms with Crippen LogP contribution in [0.3, 0.4) is 0 Å². The van der Waals surface area contributed by atoms with E-state index in [0.29, 0.717) is 19.3 Å². The van der Waals surface area contributed by atoms with Gasteiger partial charge in [-0.1, -0.05) is 339 Å². The number of esters is 3. The monoisotopic (exact) mass is 1080 g/mol. The van der Waals surface area contributed by atoms with Crippen LogP contribution in [0.15, 0.2) is 48.6 Å². The van der Waals surface area contributed by atoms with Crippen molar-refractivity contribution in [3.8, 4) is 0 Å². The maximum absolute atomic E-state index is 12.9. The highest BCUT2D eigenvalue weighted by atomic mass is 16.6. The Morgan fingerprint density at radius 2 is 0.506 bits per heavy atom. The third-order valence-corrected chi connectivity index (χ3v) is 15.3. The van der Waals surface area contributed by atoms with Crippen molar-refractivity contribution in [1.82, 2.24) is 0 Å². The fourth-order valence-electron chi connectivity index (χ4n) is 10.3. The number of rotatable bonds is 63. The summed E-state index contributed by atoms with van der Waals surface area (Å²) in [6.45, 7) is 6.58. The molecule has 0 heterocycles. The first kappa shape index (κ1) is 74.4. The first-order valence-corrected chi connectivity index (χ1v) is 34.1. The zero-order chi connectivity index (χ0) is 55.7. The normalized spacial score (nSPS) is 12.3. The highest BCUT2D eigenvalue weighted by molar-refractivity contribution is 5.71. The van der Waals surface area contributed by atoms with Gasteiger partial charge in [0.15, 0.2) is 6.10 Å². The van der Waals surface area contributed by atoms with E-state index in [0.717, 1.165) is 96.3 Å².